The largest absolute Gasteiger partial charge is 0.480 e. The molecular weight excluding hydrogens is 330 g/mol. The van der Waals surface area contributed by atoms with Crippen molar-refractivity contribution in [1.82, 2.24) is 19.4 Å². The van der Waals surface area contributed by atoms with Crippen LogP contribution in [-0.2, 0) is 30.8 Å². The number of carboxylic acid groups (broad SMARTS) is 1. The molecule has 0 saturated heterocycles. The molecule has 0 atom stereocenters. The van der Waals surface area contributed by atoms with Gasteiger partial charge in [-0.2, -0.15) is 0 Å². The first-order valence-corrected chi connectivity index (χ1v) is 9.16. The quantitative estimate of drug-likeness (QED) is 0.887. The van der Waals surface area contributed by atoms with Crippen LogP contribution in [0.4, 0.5) is 0 Å². The van der Waals surface area contributed by atoms with Crippen LogP contribution >= 0.6 is 0 Å². The minimum absolute atomic E-state index is 0.00133. The normalized spacial score (nSPS) is 17.6. The van der Waals surface area contributed by atoms with Crippen LogP contribution in [-0.4, -0.2) is 49.3 Å². The van der Waals surface area contributed by atoms with Gasteiger partial charge in [-0.05, 0) is 31.4 Å². The fourth-order valence-electron chi connectivity index (χ4n) is 3.65. The van der Waals surface area contributed by atoms with E-state index in [1.54, 1.807) is 4.57 Å². The summed E-state index contributed by atoms with van der Waals surface area (Å²) in [5.41, 5.74) is 4.35. The Morgan fingerprint density at radius 1 is 1.27 bits per heavy atom. The number of hydrogen-bond donors (Lipinski definition) is 1. The second-order valence-corrected chi connectivity index (χ2v) is 6.93. The molecular formula is C19H23N5O2. The van der Waals surface area contributed by atoms with Gasteiger partial charge >= 0.3 is 5.97 Å². The number of aliphatic imine (C=N–C) groups is 1. The second-order valence-electron chi connectivity index (χ2n) is 6.93. The minimum atomic E-state index is -0.821. The van der Waals surface area contributed by atoms with Gasteiger partial charge in [-0.25, -0.2) is 9.97 Å². The lowest BCUT2D eigenvalue weighted by atomic mass is 10.1. The molecule has 136 valence electrons. The molecule has 2 aromatic heterocycles. The van der Waals surface area contributed by atoms with E-state index in [4.69, 9.17) is 10.1 Å². The van der Waals surface area contributed by atoms with Gasteiger partial charge in [0.05, 0.1) is 11.4 Å². The Bertz CT molecular complexity index is 842. The van der Waals surface area contributed by atoms with Crippen LogP contribution in [0.1, 0.15) is 42.0 Å². The second kappa shape index (κ2) is 7.37. The molecule has 2 aliphatic heterocycles. The maximum Gasteiger partial charge on any atom is 0.323 e. The van der Waals surface area contributed by atoms with Crippen molar-refractivity contribution in [2.45, 2.75) is 45.3 Å². The van der Waals surface area contributed by atoms with Gasteiger partial charge in [0, 0.05) is 56.3 Å². The molecule has 0 bridgehead atoms. The maximum absolute atomic E-state index is 11.0. The first-order chi connectivity index (χ1) is 12.7. The lowest BCUT2D eigenvalue weighted by molar-refractivity contribution is -0.137. The van der Waals surface area contributed by atoms with E-state index in [2.05, 4.69) is 14.9 Å². The van der Waals surface area contributed by atoms with Crippen LogP contribution in [0.15, 0.2) is 29.5 Å². The van der Waals surface area contributed by atoms with Gasteiger partial charge in [0.1, 0.15) is 6.54 Å². The lowest BCUT2D eigenvalue weighted by Gasteiger charge is -2.28. The molecule has 1 N–H and O–H groups in total. The van der Waals surface area contributed by atoms with E-state index >= 15 is 0 Å². The van der Waals surface area contributed by atoms with Gasteiger partial charge in [0.25, 0.3) is 0 Å². The highest BCUT2D eigenvalue weighted by atomic mass is 16.4. The predicted octanol–water partition coefficient (Wildman–Crippen LogP) is 1.89. The fourth-order valence-corrected chi connectivity index (χ4v) is 3.65. The zero-order valence-electron chi connectivity index (χ0n) is 14.8. The first kappa shape index (κ1) is 16.9. The Balaban J connectivity index is 1.46. The molecule has 0 radical (unpaired) electrons. The van der Waals surface area contributed by atoms with E-state index in [-0.39, 0.29) is 6.54 Å². The van der Waals surface area contributed by atoms with Gasteiger partial charge in [-0.15, -0.1) is 0 Å². The zero-order chi connectivity index (χ0) is 17.9. The van der Waals surface area contributed by atoms with E-state index in [1.807, 2.05) is 24.5 Å². The van der Waals surface area contributed by atoms with Crippen LogP contribution in [0.2, 0.25) is 0 Å². The number of hydrogen-bond acceptors (Lipinski definition) is 5. The molecule has 4 rings (SSSR count). The SMILES string of the molecule is O=C(O)Cn1cccc1CN1CCc2nc(C3=NCCCC3)ncc2C1. The number of fused-ring (bicyclic) bond motifs is 1. The van der Waals surface area contributed by atoms with E-state index in [0.29, 0.717) is 0 Å². The summed E-state index contributed by atoms with van der Waals surface area (Å²) in [6, 6.07) is 3.88. The molecule has 0 saturated carbocycles. The van der Waals surface area contributed by atoms with Crippen molar-refractivity contribution in [2.24, 2.45) is 4.99 Å². The van der Waals surface area contributed by atoms with Crippen LogP contribution in [0.5, 0.6) is 0 Å². The molecule has 26 heavy (non-hydrogen) atoms. The third kappa shape index (κ3) is 3.67. The minimum Gasteiger partial charge on any atom is -0.480 e. The Labute approximate surface area is 152 Å². The summed E-state index contributed by atoms with van der Waals surface area (Å²) in [6.45, 7) is 3.32. The summed E-state index contributed by atoms with van der Waals surface area (Å²) in [4.78, 5) is 27.2. The number of aliphatic carboxylic acids is 1. The van der Waals surface area contributed by atoms with Crippen molar-refractivity contribution in [1.29, 1.82) is 0 Å². The van der Waals surface area contributed by atoms with Crippen LogP contribution in [0.25, 0.3) is 0 Å². The molecule has 2 aromatic rings. The van der Waals surface area contributed by atoms with Gasteiger partial charge in [-0.3, -0.25) is 14.7 Å². The zero-order valence-corrected chi connectivity index (χ0v) is 14.8. The molecule has 7 heteroatoms. The molecule has 0 fully saturated rings. The number of rotatable bonds is 5. The van der Waals surface area contributed by atoms with Crippen LogP contribution in [0, 0.1) is 0 Å². The van der Waals surface area contributed by atoms with Crippen molar-refractivity contribution in [3.63, 3.8) is 0 Å². The molecule has 0 unspecified atom stereocenters. The standard InChI is InChI=1S/C19H23N5O2/c25-18(26)13-24-8-3-4-15(24)12-23-9-6-16-14(11-23)10-21-19(22-16)17-5-1-2-7-20-17/h3-4,8,10H,1-2,5-7,9,11-13H2,(H,25,26). The van der Waals surface area contributed by atoms with Crippen LogP contribution in [0.3, 0.4) is 0 Å². The van der Waals surface area contributed by atoms with Gasteiger partial charge in [0.15, 0.2) is 5.82 Å². The smallest absolute Gasteiger partial charge is 0.323 e. The third-order valence-electron chi connectivity index (χ3n) is 5.01. The average Bonchev–Trinajstić information content (AvgIpc) is 3.08. The Morgan fingerprint density at radius 2 is 2.19 bits per heavy atom. The number of nitrogens with zero attached hydrogens (tertiary/aromatic N) is 5. The van der Waals surface area contributed by atoms with E-state index in [0.717, 1.165) is 73.9 Å². The predicted molar refractivity (Wildman–Crippen MR) is 97.2 cm³/mol. The number of aromatic nitrogens is 3. The molecule has 0 aliphatic carbocycles. The number of carbonyl (C=O) groups is 1. The van der Waals surface area contributed by atoms with E-state index in [9.17, 15) is 4.79 Å². The van der Waals surface area contributed by atoms with Crippen molar-refractivity contribution in [3.05, 3.63) is 47.3 Å². The summed E-state index contributed by atoms with van der Waals surface area (Å²) in [7, 11) is 0. The Hall–Kier alpha value is -2.54. The highest BCUT2D eigenvalue weighted by Gasteiger charge is 2.21. The van der Waals surface area contributed by atoms with E-state index in [1.165, 1.54) is 6.42 Å². The van der Waals surface area contributed by atoms with Crippen molar-refractivity contribution in [3.8, 4) is 0 Å². The molecule has 7 nitrogen and oxygen atoms in total. The van der Waals surface area contributed by atoms with Gasteiger partial charge < -0.3 is 9.67 Å². The Kier molecular flexibility index (Phi) is 4.79. The molecule has 0 aromatic carbocycles. The Morgan fingerprint density at radius 3 is 3.00 bits per heavy atom. The summed E-state index contributed by atoms with van der Waals surface area (Å²) < 4.78 is 1.79. The maximum atomic E-state index is 11.0. The molecule has 0 spiro atoms. The summed E-state index contributed by atoms with van der Waals surface area (Å²) in [5.74, 6) is -0.0229. The fraction of sp³-hybridized carbons (Fsp3) is 0.474. The first-order valence-electron chi connectivity index (χ1n) is 9.16. The monoisotopic (exact) mass is 353 g/mol. The van der Waals surface area contributed by atoms with Crippen molar-refractivity contribution >= 4 is 11.7 Å². The van der Waals surface area contributed by atoms with Crippen LogP contribution < -0.4 is 0 Å². The molecule has 4 heterocycles. The number of carboxylic acids is 1. The molecule has 2 aliphatic rings. The summed E-state index contributed by atoms with van der Waals surface area (Å²) in [5, 5.41) is 9.02. The van der Waals surface area contributed by atoms with Crippen molar-refractivity contribution in [2.75, 3.05) is 13.1 Å². The average molecular weight is 353 g/mol. The molecule has 0 amide bonds. The van der Waals surface area contributed by atoms with E-state index < -0.39 is 5.97 Å². The lowest BCUT2D eigenvalue weighted by Crippen LogP contribution is -2.32. The summed E-state index contributed by atoms with van der Waals surface area (Å²) >= 11 is 0. The van der Waals surface area contributed by atoms with Crippen molar-refractivity contribution < 1.29 is 9.90 Å². The summed E-state index contributed by atoms with van der Waals surface area (Å²) in [6.07, 6.45) is 7.96. The topological polar surface area (TPSA) is 83.6 Å². The highest BCUT2D eigenvalue weighted by molar-refractivity contribution is 5.97. The van der Waals surface area contributed by atoms with Gasteiger partial charge in [-0.1, -0.05) is 0 Å². The highest BCUT2D eigenvalue weighted by Crippen LogP contribution is 2.20. The third-order valence-corrected chi connectivity index (χ3v) is 5.01. The van der Waals surface area contributed by atoms with Gasteiger partial charge in [0.2, 0.25) is 0 Å².